The van der Waals surface area contributed by atoms with Crippen LogP contribution in [0, 0.1) is 0 Å². The molecule has 0 aliphatic carbocycles. The molecule has 1 aromatic heterocycles. The van der Waals surface area contributed by atoms with E-state index in [0.29, 0.717) is 12.6 Å². The fourth-order valence-corrected chi connectivity index (χ4v) is 5.79. The number of aromatic nitrogens is 2. The average molecular weight is 563 g/mol. The molecule has 0 bridgehead atoms. The van der Waals surface area contributed by atoms with Crippen LogP contribution in [0.1, 0.15) is 49.8 Å². The predicted molar refractivity (Wildman–Crippen MR) is 167 cm³/mol. The van der Waals surface area contributed by atoms with Gasteiger partial charge in [-0.2, -0.15) is 0 Å². The van der Waals surface area contributed by atoms with E-state index in [1.807, 2.05) is 54.6 Å². The van der Waals surface area contributed by atoms with Gasteiger partial charge in [0.1, 0.15) is 41.8 Å². The lowest BCUT2D eigenvalue weighted by atomic mass is 9.87. The highest BCUT2D eigenvalue weighted by Crippen LogP contribution is 2.43. The van der Waals surface area contributed by atoms with E-state index in [1.165, 1.54) is 11.1 Å². The van der Waals surface area contributed by atoms with Gasteiger partial charge < -0.3 is 24.4 Å². The van der Waals surface area contributed by atoms with Gasteiger partial charge >= 0.3 is 0 Å². The molecule has 42 heavy (non-hydrogen) atoms. The number of benzene rings is 3. The normalized spacial score (nSPS) is 15.3. The molecule has 3 aromatic carbocycles. The fourth-order valence-electron chi connectivity index (χ4n) is 5.79. The van der Waals surface area contributed by atoms with Crippen LogP contribution in [0.2, 0.25) is 0 Å². The Morgan fingerprint density at radius 3 is 2.43 bits per heavy atom. The topological polar surface area (TPSA) is 68.7 Å². The fraction of sp³-hybridized carbons (Fsp3) is 0.314. The highest BCUT2D eigenvalue weighted by atomic mass is 16.5. The number of hydrogen-bond donors (Lipinski definition) is 1. The van der Waals surface area contributed by atoms with Gasteiger partial charge in [0.2, 0.25) is 0 Å². The van der Waals surface area contributed by atoms with Crippen LogP contribution in [0.15, 0.2) is 90.8 Å². The van der Waals surface area contributed by atoms with E-state index in [-0.39, 0.29) is 0 Å². The molecular weight excluding hydrogens is 524 g/mol. The van der Waals surface area contributed by atoms with Crippen molar-refractivity contribution in [3.63, 3.8) is 0 Å². The molecule has 1 N–H and O–H groups in total. The Kier molecular flexibility index (Phi) is 8.66. The van der Waals surface area contributed by atoms with E-state index >= 15 is 0 Å². The number of anilines is 2. The van der Waals surface area contributed by atoms with E-state index in [1.54, 1.807) is 6.33 Å². The smallest absolute Gasteiger partial charge is 0.142 e. The quantitative estimate of drug-likeness (QED) is 0.215. The summed E-state index contributed by atoms with van der Waals surface area (Å²) in [5, 5.41) is 3.50. The summed E-state index contributed by atoms with van der Waals surface area (Å²) in [7, 11) is 0. The van der Waals surface area contributed by atoms with Crippen LogP contribution in [0.3, 0.4) is 0 Å². The maximum absolute atomic E-state index is 6.24. The zero-order chi connectivity index (χ0) is 28.7. The predicted octanol–water partition coefficient (Wildman–Crippen LogP) is 7.49. The molecule has 216 valence electrons. The van der Waals surface area contributed by atoms with Gasteiger partial charge in [-0.05, 0) is 72.7 Å². The first-order valence-electron chi connectivity index (χ1n) is 14.9. The van der Waals surface area contributed by atoms with Crippen LogP contribution in [0.25, 0.3) is 5.57 Å². The summed E-state index contributed by atoms with van der Waals surface area (Å²) in [6.45, 7) is 8.10. The minimum Gasteiger partial charge on any atom is -0.489 e. The Morgan fingerprint density at radius 1 is 0.881 bits per heavy atom. The first-order chi connectivity index (χ1) is 20.7. The maximum atomic E-state index is 6.24. The van der Waals surface area contributed by atoms with E-state index in [9.17, 15) is 0 Å². The molecule has 7 nitrogen and oxygen atoms in total. The van der Waals surface area contributed by atoms with Gasteiger partial charge in [-0.15, -0.1) is 0 Å². The lowest BCUT2D eigenvalue weighted by Crippen LogP contribution is -2.43. The van der Waals surface area contributed by atoms with E-state index in [4.69, 9.17) is 19.2 Å². The van der Waals surface area contributed by atoms with Gasteiger partial charge in [0.25, 0.3) is 0 Å². The summed E-state index contributed by atoms with van der Waals surface area (Å²) >= 11 is 0. The van der Waals surface area contributed by atoms with Crippen molar-refractivity contribution in [2.45, 2.75) is 45.8 Å². The molecule has 1 saturated heterocycles. The van der Waals surface area contributed by atoms with Crippen LogP contribution >= 0.6 is 0 Å². The summed E-state index contributed by atoms with van der Waals surface area (Å²) in [5.41, 5.74) is 5.96. The van der Waals surface area contributed by atoms with Crippen molar-refractivity contribution >= 4 is 17.2 Å². The molecule has 0 amide bonds. The molecule has 4 aromatic rings. The van der Waals surface area contributed by atoms with E-state index in [0.717, 1.165) is 91.1 Å². The van der Waals surface area contributed by atoms with Crippen LogP contribution < -0.4 is 19.7 Å². The molecule has 2 aliphatic rings. The second-order valence-electron chi connectivity index (χ2n) is 10.6. The zero-order valence-electron chi connectivity index (χ0n) is 24.4. The minimum atomic E-state index is 0.410. The van der Waals surface area contributed by atoms with Crippen molar-refractivity contribution in [3.8, 4) is 17.2 Å². The molecule has 3 heterocycles. The van der Waals surface area contributed by atoms with Gasteiger partial charge in [-0.25, -0.2) is 9.97 Å². The monoisotopic (exact) mass is 562 g/mol. The first kappa shape index (κ1) is 27.8. The molecule has 0 radical (unpaired) electrons. The van der Waals surface area contributed by atoms with Crippen molar-refractivity contribution in [2.24, 2.45) is 0 Å². The average Bonchev–Trinajstić information content (AvgIpc) is 3.05. The largest absolute Gasteiger partial charge is 0.489 e. The molecule has 2 aliphatic heterocycles. The molecule has 6 rings (SSSR count). The number of ether oxygens (including phenoxy) is 3. The van der Waals surface area contributed by atoms with Crippen LogP contribution in [-0.2, 0) is 11.3 Å². The molecule has 0 atom stereocenters. The van der Waals surface area contributed by atoms with Crippen molar-refractivity contribution in [2.75, 3.05) is 36.5 Å². The molecular formula is C35H38N4O3. The molecule has 0 unspecified atom stereocenters. The van der Waals surface area contributed by atoms with Gasteiger partial charge in [0, 0.05) is 38.4 Å². The molecule has 7 heteroatoms. The van der Waals surface area contributed by atoms with Crippen molar-refractivity contribution in [1.29, 1.82) is 0 Å². The van der Waals surface area contributed by atoms with Crippen LogP contribution in [-0.4, -0.2) is 42.3 Å². The molecule has 0 saturated carbocycles. The first-order valence-corrected chi connectivity index (χ1v) is 14.9. The highest BCUT2D eigenvalue weighted by molar-refractivity contribution is 5.94. The SMILES string of the molecule is CCNc1ncnc2c1C(c1ccc(Oc3cccc(OCc4ccccc4)c3)cc1)=C(CC)CN2C1CCOCC1. The lowest BCUT2D eigenvalue weighted by molar-refractivity contribution is 0.0845. The van der Waals surface area contributed by atoms with E-state index < -0.39 is 0 Å². The van der Waals surface area contributed by atoms with Gasteiger partial charge in [-0.1, -0.05) is 55.5 Å². The number of nitrogens with zero attached hydrogens (tertiary/aromatic N) is 3. The van der Waals surface area contributed by atoms with Crippen LogP contribution in [0.4, 0.5) is 11.6 Å². The van der Waals surface area contributed by atoms with Gasteiger partial charge in [0.15, 0.2) is 0 Å². The molecule has 0 spiro atoms. The number of nitrogens with one attached hydrogen (secondary N) is 1. The summed E-state index contributed by atoms with van der Waals surface area (Å²) in [6, 6.07) is 26.7. The summed E-state index contributed by atoms with van der Waals surface area (Å²) in [6.07, 6.45) is 4.66. The Labute approximate surface area is 248 Å². The van der Waals surface area contributed by atoms with Crippen LogP contribution in [0.5, 0.6) is 17.2 Å². The van der Waals surface area contributed by atoms with Gasteiger partial charge in [0.05, 0.1) is 5.56 Å². The summed E-state index contributed by atoms with van der Waals surface area (Å²) < 4.78 is 17.9. The van der Waals surface area contributed by atoms with Crippen molar-refractivity contribution < 1.29 is 14.2 Å². The Morgan fingerprint density at radius 2 is 1.67 bits per heavy atom. The van der Waals surface area contributed by atoms with Crippen molar-refractivity contribution in [1.82, 2.24) is 9.97 Å². The van der Waals surface area contributed by atoms with Crippen molar-refractivity contribution in [3.05, 3.63) is 107 Å². The number of hydrogen-bond acceptors (Lipinski definition) is 7. The Bertz CT molecular complexity index is 1520. The third kappa shape index (κ3) is 6.11. The number of rotatable bonds is 10. The van der Waals surface area contributed by atoms with Gasteiger partial charge in [-0.3, -0.25) is 0 Å². The minimum absolute atomic E-state index is 0.410. The Hall–Kier alpha value is -4.36. The lowest BCUT2D eigenvalue weighted by Gasteiger charge is -2.40. The zero-order valence-corrected chi connectivity index (χ0v) is 24.4. The highest BCUT2D eigenvalue weighted by Gasteiger charge is 2.33. The maximum Gasteiger partial charge on any atom is 0.142 e. The second kappa shape index (κ2) is 13.1. The molecule has 1 fully saturated rings. The Balaban J connectivity index is 1.26. The standard InChI is InChI=1S/C35H38N4O3/c1-3-26-22-39(28-17-19-40-20-18-28)35-33(34(36-4-2)37-24-38-35)32(26)27-13-15-29(16-14-27)42-31-12-8-11-30(21-31)41-23-25-9-6-5-7-10-25/h5-16,21,24,28H,3-4,17-20,22-23H2,1-2H3,(H,36,37,38). The van der Waals surface area contributed by atoms with E-state index in [2.05, 4.69) is 53.3 Å². The summed E-state index contributed by atoms with van der Waals surface area (Å²) in [5.74, 6) is 4.17. The summed E-state index contributed by atoms with van der Waals surface area (Å²) in [4.78, 5) is 12.0. The number of fused-ring (bicyclic) bond motifs is 1. The second-order valence-corrected chi connectivity index (χ2v) is 10.6. The third-order valence-electron chi connectivity index (χ3n) is 7.90. The third-order valence-corrected chi connectivity index (χ3v) is 7.90.